The summed E-state index contributed by atoms with van der Waals surface area (Å²) in [5.74, 6) is 0.194. The van der Waals surface area contributed by atoms with Crippen molar-refractivity contribution in [2.45, 2.75) is 12.8 Å². The second-order valence-corrected chi connectivity index (χ2v) is 6.05. The van der Waals surface area contributed by atoms with Gasteiger partial charge in [0.15, 0.2) is 5.78 Å². The SMILES string of the molecule is CN(C)C(=O)N1CCC(C(=O)c2c[nH]c3ccccc23)CC1. The lowest BCUT2D eigenvalue weighted by molar-refractivity contribution is 0.0845. The summed E-state index contributed by atoms with van der Waals surface area (Å²) in [4.78, 5) is 31.3. The number of H-pyrrole nitrogens is 1. The first-order chi connectivity index (χ1) is 10.6. The number of piperidine rings is 1. The molecule has 116 valence electrons. The topological polar surface area (TPSA) is 56.4 Å². The summed E-state index contributed by atoms with van der Waals surface area (Å²) in [7, 11) is 3.51. The maximum atomic E-state index is 12.8. The summed E-state index contributed by atoms with van der Waals surface area (Å²) >= 11 is 0. The van der Waals surface area contributed by atoms with Gasteiger partial charge in [-0.3, -0.25) is 4.79 Å². The molecule has 1 aromatic carbocycles. The van der Waals surface area contributed by atoms with E-state index in [4.69, 9.17) is 0 Å². The third-order valence-electron chi connectivity index (χ3n) is 4.37. The molecule has 0 saturated carbocycles. The Morgan fingerprint density at radius 3 is 2.55 bits per heavy atom. The zero-order valence-electron chi connectivity index (χ0n) is 13.0. The normalized spacial score (nSPS) is 16.0. The van der Waals surface area contributed by atoms with Crippen LogP contribution in [0.25, 0.3) is 10.9 Å². The van der Waals surface area contributed by atoms with E-state index in [1.807, 2.05) is 35.4 Å². The van der Waals surface area contributed by atoms with Gasteiger partial charge in [0.05, 0.1) is 0 Å². The number of para-hydroxylation sites is 1. The van der Waals surface area contributed by atoms with E-state index in [0.717, 1.165) is 29.3 Å². The molecule has 2 aromatic rings. The molecular weight excluding hydrogens is 278 g/mol. The van der Waals surface area contributed by atoms with Gasteiger partial charge in [0.25, 0.3) is 0 Å². The number of nitrogens with one attached hydrogen (secondary N) is 1. The number of fused-ring (bicyclic) bond motifs is 1. The number of likely N-dealkylation sites (tertiary alicyclic amines) is 1. The van der Waals surface area contributed by atoms with Crippen LogP contribution in [0.3, 0.4) is 0 Å². The van der Waals surface area contributed by atoms with Gasteiger partial charge in [-0.25, -0.2) is 4.79 Å². The maximum absolute atomic E-state index is 12.8. The van der Waals surface area contributed by atoms with Crippen LogP contribution in [-0.4, -0.2) is 53.8 Å². The van der Waals surface area contributed by atoms with E-state index in [1.165, 1.54) is 0 Å². The molecule has 0 radical (unpaired) electrons. The summed E-state index contributed by atoms with van der Waals surface area (Å²) < 4.78 is 0. The maximum Gasteiger partial charge on any atom is 0.319 e. The molecule has 0 aliphatic carbocycles. The average molecular weight is 299 g/mol. The van der Waals surface area contributed by atoms with E-state index in [0.29, 0.717) is 13.1 Å². The summed E-state index contributed by atoms with van der Waals surface area (Å²) in [5, 5.41) is 0.985. The van der Waals surface area contributed by atoms with Gasteiger partial charge < -0.3 is 14.8 Å². The molecule has 1 N–H and O–H groups in total. The molecule has 22 heavy (non-hydrogen) atoms. The number of hydrogen-bond acceptors (Lipinski definition) is 2. The van der Waals surface area contributed by atoms with Gasteiger partial charge in [-0.1, -0.05) is 18.2 Å². The van der Waals surface area contributed by atoms with Crippen LogP contribution in [-0.2, 0) is 0 Å². The number of amides is 2. The van der Waals surface area contributed by atoms with Gasteiger partial charge in [0, 0.05) is 55.8 Å². The molecule has 2 heterocycles. The molecule has 0 bridgehead atoms. The van der Waals surface area contributed by atoms with Crippen molar-refractivity contribution in [3.8, 4) is 0 Å². The molecule has 1 fully saturated rings. The van der Waals surface area contributed by atoms with Gasteiger partial charge >= 0.3 is 6.03 Å². The fourth-order valence-electron chi connectivity index (χ4n) is 3.11. The number of urea groups is 1. The predicted octanol–water partition coefficient (Wildman–Crippen LogP) is 2.74. The molecular formula is C17H21N3O2. The Labute approximate surface area is 129 Å². The van der Waals surface area contributed by atoms with Crippen LogP contribution >= 0.6 is 0 Å². The molecule has 1 saturated heterocycles. The number of rotatable bonds is 2. The first-order valence-corrected chi connectivity index (χ1v) is 7.64. The summed E-state index contributed by atoms with van der Waals surface area (Å²) in [6, 6.07) is 7.89. The number of carbonyl (C=O) groups is 2. The number of carbonyl (C=O) groups excluding carboxylic acids is 2. The number of aromatic amines is 1. The van der Waals surface area contributed by atoms with Gasteiger partial charge in [-0.05, 0) is 18.9 Å². The summed E-state index contributed by atoms with van der Waals surface area (Å²) in [6.45, 7) is 1.30. The molecule has 0 unspecified atom stereocenters. The molecule has 2 amide bonds. The Bertz CT molecular complexity index is 697. The van der Waals surface area contributed by atoms with Gasteiger partial charge in [-0.2, -0.15) is 0 Å². The van der Waals surface area contributed by atoms with E-state index in [1.54, 1.807) is 19.0 Å². The second kappa shape index (κ2) is 5.83. The lowest BCUT2D eigenvalue weighted by Gasteiger charge is -2.33. The van der Waals surface area contributed by atoms with Crippen molar-refractivity contribution in [3.63, 3.8) is 0 Å². The van der Waals surface area contributed by atoms with Crippen molar-refractivity contribution in [1.29, 1.82) is 0 Å². The van der Waals surface area contributed by atoms with Crippen LogP contribution in [0.4, 0.5) is 4.79 Å². The molecule has 1 aliphatic rings. The first kappa shape index (κ1) is 14.6. The van der Waals surface area contributed by atoms with E-state index < -0.39 is 0 Å². The molecule has 5 heteroatoms. The molecule has 1 aromatic heterocycles. The number of Topliss-reactive ketones (excluding diaryl/α,β-unsaturated/α-hetero) is 1. The van der Waals surface area contributed by atoms with Crippen LogP contribution in [0, 0.1) is 5.92 Å². The largest absolute Gasteiger partial charge is 0.360 e. The minimum absolute atomic E-state index is 0.00502. The fraction of sp³-hybridized carbons (Fsp3) is 0.412. The van der Waals surface area contributed by atoms with Crippen molar-refractivity contribution >= 4 is 22.7 Å². The van der Waals surface area contributed by atoms with Crippen LogP contribution in [0.5, 0.6) is 0 Å². The quantitative estimate of drug-likeness (QED) is 0.867. The predicted molar refractivity (Wildman–Crippen MR) is 86.0 cm³/mol. The number of nitrogens with zero attached hydrogens (tertiary/aromatic N) is 2. The average Bonchev–Trinajstić information content (AvgIpc) is 2.97. The Balaban J connectivity index is 1.71. The minimum Gasteiger partial charge on any atom is -0.360 e. The van der Waals surface area contributed by atoms with Gasteiger partial charge in [-0.15, -0.1) is 0 Å². The highest BCUT2D eigenvalue weighted by Gasteiger charge is 2.29. The Hall–Kier alpha value is -2.30. The monoisotopic (exact) mass is 299 g/mol. The molecule has 0 atom stereocenters. The zero-order valence-corrected chi connectivity index (χ0v) is 13.0. The van der Waals surface area contributed by atoms with Crippen molar-refractivity contribution in [2.75, 3.05) is 27.2 Å². The van der Waals surface area contributed by atoms with Crippen molar-refractivity contribution < 1.29 is 9.59 Å². The van der Waals surface area contributed by atoms with Crippen LogP contribution in [0.2, 0.25) is 0 Å². The molecule has 3 rings (SSSR count). The van der Waals surface area contributed by atoms with E-state index >= 15 is 0 Å². The Kier molecular flexibility index (Phi) is 3.88. The van der Waals surface area contributed by atoms with E-state index in [2.05, 4.69) is 4.98 Å². The Morgan fingerprint density at radius 2 is 1.86 bits per heavy atom. The third-order valence-corrected chi connectivity index (χ3v) is 4.37. The Morgan fingerprint density at radius 1 is 1.18 bits per heavy atom. The lowest BCUT2D eigenvalue weighted by atomic mass is 9.89. The highest BCUT2D eigenvalue weighted by atomic mass is 16.2. The van der Waals surface area contributed by atoms with Crippen LogP contribution in [0.15, 0.2) is 30.5 Å². The van der Waals surface area contributed by atoms with E-state index in [-0.39, 0.29) is 17.7 Å². The van der Waals surface area contributed by atoms with E-state index in [9.17, 15) is 9.59 Å². The number of benzene rings is 1. The zero-order chi connectivity index (χ0) is 15.7. The van der Waals surface area contributed by atoms with Crippen molar-refractivity contribution in [1.82, 2.24) is 14.8 Å². The number of ketones is 1. The second-order valence-electron chi connectivity index (χ2n) is 6.05. The molecule has 1 aliphatic heterocycles. The van der Waals surface area contributed by atoms with Crippen molar-refractivity contribution in [3.05, 3.63) is 36.0 Å². The van der Waals surface area contributed by atoms with Gasteiger partial charge in [0.2, 0.25) is 0 Å². The molecule has 5 nitrogen and oxygen atoms in total. The smallest absolute Gasteiger partial charge is 0.319 e. The number of hydrogen-bond donors (Lipinski definition) is 1. The van der Waals surface area contributed by atoms with Gasteiger partial charge in [0.1, 0.15) is 0 Å². The standard InChI is InChI=1S/C17H21N3O2/c1-19(2)17(22)20-9-7-12(8-10-20)16(21)14-11-18-15-6-4-3-5-13(14)15/h3-6,11-12,18H,7-10H2,1-2H3. The molecule has 0 spiro atoms. The third kappa shape index (κ3) is 2.58. The van der Waals surface area contributed by atoms with Crippen LogP contribution < -0.4 is 0 Å². The first-order valence-electron chi connectivity index (χ1n) is 7.64. The highest BCUT2D eigenvalue weighted by Crippen LogP contribution is 2.26. The number of aromatic nitrogens is 1. The highest BCUT2D eigenvalue weighted by molar-refractivity contribution is 6.08. The van der Waals surface area contributed by atoms with Crippen LogP contribution in [0.1, 0.15) is 23.2 Å². The summed E-state index contributed by atoms with van der Waals surface area (Å²) in [6.07, 6.45) is 3.28. The summed E-state index contributed by atoms with van der Waals surface area (Å²) in [5.41, 5.74) is 1.76. The minimum atomic E-state index is 0.00502. The fourth-order valence-corrected chi connectivity index (χ4v) is 3.11. The lowest BCUT2D eigenvalue weighted by Crippen LogP contribution is -2.44. The van der Waals surface area contributed by atoms with Crippen molar-refractivity contribution in [2.24, 2.45) is 5.92 Å².